The summed E-state index contributed by atoms with van der Waals surface area (Å²) in [5.41, 5.74) is 1.63. The van der Waals surface area contributed by atoms with Gasteiger partial charge >= 0.3 is 0 Å². The van der Waals surface area contributed by atoms with Gasteiger partial charge in [-0.1, -0.05) is 26.0 Å². The molecule has 3 heterocycles. The number of thiophene rings is 1. The minimum Gasteiger partial charge on any atom is -0.454 e. The molecular formula is C22H24N4O4S. The smallest absolute Gasteiger partial charge is 0.279 e. The van der Waals surface area contributed by atoms with Crippen LogP contribution in [0.4, 0.5) is 5.69 Å². The lowest BCUT2D eigenvalue weighted by molar-refractivity contribution is -0.117. The molecule has 162 valence electrons. The Kier molecular flexibility index (Phi) is 4.73. The second-order valence-corrected chi connectivity index (χ2v) is 10.2. The SMILES string of the molecule is CC(C)(C)[C@H]1CCc2c(sc3nnn(CC(=O)Nc4ccc5c(c4)OCO5)c(=O)c23)C1. The number of ether oxygens (including phenoxy) is 2. The topological polar surface area (TPSA) is 95.3 Å². The Labute approximate surface area is 183 Å². The molecule has 9 heteroatoms. The highest BCUT2D eigenvalue weighted by Crippen LogP contribution is 2.41. The summed E-state index contributed by atoms with van der Waals surface area (Å²) in [4.78, 5) is 27.6. The van der Waals surface area contributed by atoms with Gasteiger partial charge < -0.3 is 14.8 Å². The molecule has 0 unspecified atom stereocenters. The summed E-state index contributed by atoms with van der Waals surface area (Å²) in [6.07, 6.45) is 2.88. The monoisotopic (exact) mass is 440 g/mol. The summed E-state index contributed by atoms with van der Waals surface area (Å²) in [6.45, 7) is 6.76. The lowest BCUT2D eigenvalue weighted by Gasteiger charge is -2.33. The summed E-state index contributed by atoms with van der Waals surface area (Å²) in [6, 6.07) is 5.15. The number of hydrogen-bond donors (Lipinski definition) is 1. The fourth-order valence-electron chi connectivity index (χ4n) is 4.28. The number of carbonyl (C=O) groups is 1. The van der Waals surface area contributed by atoms with Crippen molar-refractivity contribution in [3.63, 3.8) is 0 Å². The van der Waals surface area contributed by atoms with Crippen LogP contribution >= 0.6 is 11.3 Å². The predicted octanol–water partition coefficient (Wildman–Crippen LogP) is 3.37. The van der Waals surface area contributed by atoms with Gasteiger partial charge in [0.1, 0.15) is 6.54 Å². The average molecular weight is 441 g/mol. The third kappa shape index (κ3) is 3.67. The number of aromatic nitrogens is 3. The normalized spacial score (nSPS) is 17.6. The van der Waals surface area contributed by atoms with Crippen LogP contribution in [0, 0.1) is 11.3 Å². The van der Waals surface area contributed by atoms with E-state index in [1.165, 1.54) is 4.88 Å². The standard InChI is InChI=1S/C22H24N4O4S/c1-22(2,3)12-4-6-14-17(8-12)31-20-19(14)21(28)26(25-24-20)10-18(27)23-13-5-7-15-16(9-13)30-11-29-15/h5,7,9,12H,4,6,8,10-11H2,1-3H3,(H,23,27)/t12-/m0/s1. The van der Waals surface area contributed by atoms with Crippen LogP contribution in [0.5, 0.6) is 11.5 Å². The van der Waals surface area contributed by atoms with E-state index in [0.717, 1.165) is 29.5 Å². The summed E-state index contributed by atoms with van der Waals surface area (Å²) < 4.78 is 11.8. The first kappa shape index (κ1) is 20.0. The van der Waals surface area contributed by atoms with Gasteiger partial charge in [-0.3, -0.25) is 9.59 Å². The number of hydrogen-bond acceptors (Lipinski definition) is 7. The van der Waals surface area contributed by atoms with Gasteiger partial charge in [-0.15, -0.1) is 16.4 Å². The van der Waals surface area contributed by atoms with Crippen LogP contribution in [0.1, 0.15) is 37.6 Å². The quantitative estimate of drug-likeness (QED) is 0.671. The number of nitrogens with one attached hydrogen (secondary N) is 1. The minimum atomic E-state index is -0.355. The molecule has 3 aromatic rings. The maximum Gasteiger partial charge on any atom is 0.279 e. The van der Waals surface area contributed by atoms with Gasteiger partial charge in [-0.05, 0) is 48.3 Å². The van der Waals surface area contributed by atoms with Gasteiger partial charge in [-0.25, -0.2) is 4.68 Å². The van der Waals surface area contributed by atoms with Crippen LogP contribution in [0.3, 0.4) is 0 Å². The average Bonchev–Trinajstić information content (AvgIpc) is 3.32. The van der Waals surface area contributed by atoms with Crippen LogP contribution in [0.15, 0.2) is 23.0 Å². The molecule has 1 aliphatic carbocycles. The second-order valence-electron chi connectivity index (χ2n) is 9.16. The van der Waals surface area contributed by atoms with E-state index < -0.39 is 0 Å². The molecule has 1 N–H and O–H groups in total. The van der Waals surface area contributed by atoms with Gasteiger partial charge in [0.2, 0.25) is 12.7 Å². The maximum absolute atomic E-state index is 13.1. The highest BCUT2D eigenvalue weighted by Gasteiger charge is 2.32. The fourth-order valence-corrected chi connectivity index (χ4v) is 5.52. The van der Waals surface area contributed by atoms with Crippen molar-refractivity contribution in [3.8, 4) is 11.5 Å². The third-order valence-electron chi connectivity index (χ3n) is 6.11. The van der Waals surface area contributed by atoms with Crippen LogP contribution in [-0.4, -0.2) is 27.7 Å². The number of benzene rings is 1. The van der Waals surface area contributed by atoms with Crippen molar-refractivity contribution in [1.29, 1.82) is 0 Å². The Hall–Kier alpha value is -2.94. The zero-order valence-electron chi connectivity index (χ0n) is 17.7. The molecule has 1 atom stereocenters. The van der Waals surface area contributed by atoms with Crippen molar-refractivity contribution in [2.75, 3.05) is 12.1 Å². The van der Waals surface area contributed by atoms with E-state index >= 15 is 0 Å². The molecule has 31 heavy (non-hydrogen) atoms. The highest BCUT2D eigenvalue weighted by molar-refractivity contribution is 7.18. The number of amides is 1. The summed E-state index contributed by atoms with van der Waals surface area (Å²) >= 11 is 1.56. The maximum atomic E-state index is 13.1. The first-order chi connectivity index (χ1) is 14.8. The van der Waals surface area contributed by atoms with E-state index in [4.69, 9.17) is 9.47 Å². The molecule has 1 aromatic carbocycles. The number of rotatable bonds is 3. The van der Waals surface area contributed by atoms with Gasteiger partial charge in [0.05, 0.1) is 5.39 Å². The number of aryl methyl sites for hydroxylation is 1. The Morgan fingerprint density at radius 2 is 2.10 bits per heavy atom. The molecule has 5 rings (SSSR count). The fraction of sp³-hybridized carbons (Fsp3) is 0.455. The molecule has 1 aliphatic heterocycles. The summed E-state index contributed by atoms with van der Waals surface area (Å²) in [5.74, 6) is 1.44. The first-order valence-electron chi connectivity index (χ1n) is 10.4. The Bertz CT molecular complexity index is 1240. The van der Waals surface area contributed by atoms with Crippen LogP contribution in [0.2, 0.25) is 0 Å². The van der Waals surface area contributed by atoms with Crippen molar-refractivity contribution in [2.45, 2.75) is 46.6 Å². The van der Waals surface area contributed by atoms with E-state index in [0.29, 0.717) is 33.3 Å². The number of carbonyl (C=O) groups excluding carboxylic acids is 1. The number of anilines is 1. The molecule has 0 fully saturated rings. The van der Waals surface area contributed by atoms with Crippen LogP contribution < -0.4 is 20.3 Å². The summed E-state index contributed by atoms with van der Waals surface area (Å²) in [7, 11) is 0. The lowest BCUT2D eigenvalue weighted by Crippen LogP contribution is -2.31. The Morgan fingerprint density at radius 3 is 2.90 bits per heavy atom. The molecule has 2 aromatic heterocycles. The predicted molar refractivity (Wildman–Crippen MR) is 118 cm³/mol. The molecule has 0 radical (unpaired) electrons. The van der Waals surface area contributed by atoms with E-state index in [-0.39, 0.29) is 30.2 Å². The number of nitrogens with zero attached hydrogens (tertiary/aromatic N) is 3. The molecule has 0 saturated heterocycles. The van der Waals surface area contributed by atoms with E-state index in [9.17, 15) is 9.59 Å². The zero-order valence-corrected chi connectivity index (χ0v) is 18.5. The van der Waals surface area contributed by atoms with Gasteiger partial charge in [-0.2, -0.15) is 0 Å². The molecule has 1 amide bonds. The largest absolute Gasteiger partial charge is 0.454 e. The van der Waals surface area contributed by atoms with Gasteiger partial charge in [0.25, 0.3) is 5.56 Å². The zero-order chi connectivity index (χ0) is 21.8. The van der Waals surface area contributed by atoms with Crippen molar-refractivity contribution < 1.29 is 14.3 Å². The molecule has 0 spiro atoms. The third-order valence-corrected chi connectivity index (χ3v) is 7.25. The molecule has 0 saturated carbocycles. The summed E-state index contributed by atoms with van der Waals surface area (Å²) in [5, 5.41) is 11.7. The van der Waals surface area contributed by atoms with Crippen molar-refractivity contribution in [1.82, 2.24) is 15.0 Å². The molecular weight excluding hydrogens is 416 g/mol. The molecule has 8 nitrogen and oxygen atoms in total. The van der Waals surface area contributed by atoms with Crippen LogP contribution in [0.25, 0.3) is 10.2 Å². The molecule has 0 bridgehead atoms. The van der Waals surface area contributed by atoms with Crippen LogP contribution in [-0.2, 0) is 24.2 Å². The highest BCUT2D eigenvalue weighted by atomic mass is 32.1. The van der Waals surface area contributed by atoms with E-state index in [2.05, 4.69) is 36.4 Å². The van der Waals surface area contributed by atoms with Crippen molar-refractivity contribution in [3.05, 3.63) is 39.0 Å². The first-order valence-corrected chi connectivity index (χ1v) is 11.2. The van der Waals surface area contributed by atoms with Gasteiger partial charge in [0.15, 0.2) is 16.3 Å². The van der Waals surface area contributed by atoms with Gasteiger partial charge in [0, 0.05) is 16.6 Å². The van der Waals surface area contributed by atoms with Crippen molar-refractivity contribution in [2.24, 2.45) is 11.3 Å². The molecule has 2 aliphatic rings. The van der Waals surface area contributed by atoms with E-state index in [1.54, 1.807) is 29.5 Å². The minimum absolute atomic E-state index is 0.166. The Morgan fingerprint density at radius 1 is 1.29 bits per heavy atom. The lowest BCUT2D eigenvalue weighted by atomic mass is 9.72. The Balaban J connectivity index is 1.38. The second kappa shape index (κ2) is 7.33. The van der Waals surface area contributed by atoms with Crippen molar-refractivity contribution >= 4 is 33.1 Å². The van der Waals surface area contributed by atoms with E-state index in [1.807, 2.05) is 0 Å². The number of fused-ring (bicyclic) bond motifs is 4.